The van der Waals surface area contributed by atoms with Gasteiger partial charge in [0.2, 0.25) is 0 Å². The highest BCUT2D eigenvalue weighted by atomic mass is 19.1. The van der Waals surface area contributed by atoms with Crippen LogP contribution in [0.2, 0.25) is 0 Å². The first-order valence-electron chi connectivity index (χ1n) is 9.16. The quantitative estimate of drug-likeness (QED) is 0.645. The zero-order valence-corrected chi connectivity index (χ0v) is 16.5. The van der Waals surface area contributed by atoms with Gasteiger partial charge in [-0.05, 0) is 44.0 Å². The first kappa shape index (κ1) is 20.3. The smallest absolute Gasteiger partial charge is 0.342 e. The van der Waals surface area contributed by atoms with E-state index in [0.717, 1.165) is 11.1 Å². The number of hydrogen-bond acceptors (Lipinski definition) is 4. The van der Waals surface area contributed by atoms with Gasteiger partial charge in [-0.2, -0.15) is 5.10 Å². The van der Waals surface area contributed by atoms with Crippen molar-refractivity contribution in [3.63, 3.8) is 0 Å². The van der Waals surface area contributed by atoms with E-state index >= 15 is 0 Å². The molecule has 0 spiro atoms. The standard InChI is InChI=1S/C22H22FN3O3/c1-14-9-10-19(18(23)11-14)24-20(27)13-29-22(28)21-15(2)25-26(16(21)3)12-17-7-5-4-6-8-17/h4-11H,12-13H2,1-3H3,(H,24,27). The molecule has 150 valence electrons. The van der Waals surface area contributed by atoms with Crippen LogP contribution in [0.15, 0.2) is 48.5 Å². The highest BCUT2D eigenvalue weighted by molar-refractivity contribution is 5.96. The zero-order valence-electron chi connectivity index (χ0n) is 16.5. The van der Waals surface area contributed by atoms with Crippen molar-refractivity contribution in [2.45, 2.75) is 27.3 Å². The summed E-state index contributed by atoms with van der Waals surface area (Å²) in [6.45, 7) is 5.25. The lowest BCUT2D eigenvalue weighted by Crippen LogP contribution is -2.22. The van der Waals surface area contributed by atoms with Gasteiger partial charge in [-0.3, -0.25) is 9.48 Å². The number of carbonyl (C=O) groups excluding carboxylic acids is 2. The molecule has 6 nitrogen and oxygen atoms in total. The Morgan fingerprint density at radius 3 is 2.52 bits per heavy atom. The minimum atomic E-state index is -0.640. The molecule has 0 unspecified atom stereocenters. The zero-order chi connectivity index (χ0) is 21.0. The van der Waals surface area contributed by atoms with Crippen LogP contribution in [0.4, 0.5) is 10.1 Å². The van der Waals surface area contributed by atoms with E-state index in [1.165, 1.54) is 12.1 Å². The molecule has 3 rings (SSSR count). The topological polar surface area (TPSA) is 73.2 Å². The lowest BCUT2D eigenvalue weighted by atomic mass is 10.2. The van der Waals surface area contributed by atoms with Crippen LogP contribution in [-0.2, 0) is 16.1 Å². The molecule has 0 radical (unpaired) electrons. The molecule has 2 aromatic carbocycles. The fourth-order valence-corrected chi connectivity index (χ4v) is 3.01. The third-order valence-electron chi connectivity index (χ3n) is 4.49. The lowest BCUT2D eigenvalue weighted by molar-refractivity contribution is -0.119. The number of amides is 1. The van der Waals surface area contributed by atoms with Gasteiger partial charge in [0, 0.05) is 0 Å². The Morgan fingerprint density at radius 1 is 1.10 bits per heavy atom. The number of rotatable bonds is 6. The number of anilines is 1. The summed E-state index contributed by atoms with van der Waals surface area (Å²) in [5.41, 5.74) is 3.34. The number of hydrogen-bond donors (Lipinski definition) is 1. The fraction of sp³-hybridized carbons (Fsp3) is 0.227. The summed E-state index contributed by atoms with van der Waals surface area (Å²) in [5, 5.41) is 6.81. The van der Waals surface area contributed by atoms with Crippen LogP contribution >= 0.6 is 0 Å². The summed E-state index contributed by atoms with van der Waals surface area (Å²) in [4.78, 5) is 24.5. The van der Waals surface area contributed by atoms with E-state index in [0.29, 0.717) is 23.5 Å². The number of esters is 1. The third-order valence-corrected chi connectivity index (χ3v) is 4.49. The van der Waals surface area contributed by atoms with E-state index in [-0.39, 0.29) is 5.69 Å². The summed E-state index contributed by atoms with van der Waals surface area (Å²) in [5.74, 6) is -1.80. The van der Waals surface area contributed by atoms with Crippen molar-refractivity contribution in [1.29, 1.82) is 0 Å². The van der Waals surface area contributed by atoms with E-state index in [4.69, 9.17) is 4.74 Å². The predicted octanol–water partition coefficient (Wildman–Crippen LogP) is 3.79. The number of benzene rings is 2. The molecule has 1 heterocycles. The van der Waals surface area contributed by atoms with Crippen molar-refractivity contribution in [1.82, 2.24) is 9.78 Å². The predicted molar refractivity (Wildman–Crippen MR) is 107 cm³/mol. The molecule has 0 saturated carbocycles. The Morgan fingerprint density at radius 2 is 1.83 bits per heavy atom. The summed E-state index contributed by atoms with van der Waals surface area (Å²) in [6.07, 6.45) is 0. The molecular weight excluding hydrogens is 373 g/mol. The number of ether oxygens (including phenoxy) is 1. The molecule has 0 bridgehead atoms. The van der Waals surface area contributed by atoms with Crippen LogP contribution in [0.5, 0.6) is 0 Å². The van der Waals surface area contributed by atoms with Crippen molar-refractivity contribution >= 4 is 17.6 Å². The van der Waals surface area contributed by atoms with Crippen molar-refractivity contribution in [2.24, 2.45) is 0 Å². The maximum absolute atomic E-state index is 13.8. The highest BCUT2D eigenvalue weighted by Gasteiger charge is 2.21. The van der Waals surface area contributed by atoms with Crippen molar-refractivity contribution in [3.05, 3.63) is 82.4 Å². The van der Waals surface area contributed by atoms with Crippen molar-refractivity contribution in [3.8, 4) is 0 Å². The van der Waals surface area contributed by atoms with Gasteiger partial charge >= 0.3 is 5.97 Å². The Labute approximate surface area is 168 Å². The van der Waals surface area contributed by atoms with Gasteiger partial charge < -0.3 is 10.1 Å². The summed E-state index contributed by atoms with van der Waals surface area (Å²) in [7, 11) is 0. The van der Waals surface area contributed by atoms with Crippen molar-refractivity contribution in [2.75, 3.05) is 11.9 Å². The third kappa shape index (κ3) is 4.87. The van der Waals surface area contributed by atoms with Crippen molar-refractivity contribution < 1.29 is 18.7 Å². The van der Waals surface area contributed by atoms with E-state index in [1.807, 2.05) is 30.3 Å². The van der Waals surface area contributed by atoms with Crippen LogP contribution in [-0.4, -0.2) is 28.3 Å². The van der Waals surface area contributed by atoms with Crippen LogP contribution in [0.1, 0.15) is 32.9 Å². The molecule has 7 heteroatoms. The molecule has 0 aliphatic carbocycles. The van der Waals surface area contributed by atoms with Crippen LogP contribution < -0.4 is 5.32 Å². The van der Waals surface area contributed by atoms with Gasteiger partial charge in [0.15, 0.2) is 6.61 Å². The Bertz CT molecular complexity index is 1040. The van der Waals surface area contributed by atoms with E-state index in [2.05, 4.69) is 10.4 Å². The first-order chi connectivity index (χ1) is 13.8. The summed E-state index contributed by atoms with van der Waals surface area (Å²) < 4.78 is 20.7. The van der Waals surface area contributed by atoms with Gasteiger partial charge in [0.1, 0.15) is 11.4 Å². The summed E-state index contributed by atoms with van der Waals surface area (Å²) >= 11 is 0. The molecule has 0 saturated heterocycles. The van der Waals surface area contributed by atoms with Crippen LogP contribution in [0.25, 0.3) is 0 Å². The number of carbonyl (C=O) groups is 2. The minimum absolute atomic E-state index is 0.0414. The monoisotopic (exact) mass is 395 g/mol. The normalized spacial score (nSPS) is 10.6. The second kappa shape index (κ2) is 8.68. The molecule has 3 aromatic rings. The molecule has 29 heavy (non-hydrogen) atoms. The lowest BCUT2D eigenvalue weighted by Gasteiger charge is -2.08. The molecule has 1 aromatic heterocycles. The highest BCUT2D eigenvalue weighted by Crippen LogP contribution is 2.17. The van der Waals surface area contributed by atoms with E-state index < -0.39 is 24.3 Å². The number of nitrogens with one attached hydrogen (secondary N) is 1. The maximum Gasteiger partial charge on any atom is 0.342 e. The van der Waals surface area contributed by atoms with Crippen LogP contribution in [0, 0.1) is 26.6 Å². The fourth-order valence-electron chi connectivity index (χ4n) is 3.01. The van der Waals surface area contributed by atoms with Gasteiger partial charge in [-0.1, -0.05) is 36.4 Å². The van der Waals surface area contributed by atoms with Crippen LogP contribution in [0.3, 0.4) is 0 Å². The van der Waals surface area contributed by atoms with Gasteiger partial charge in [0.25, 0.3) is 5.91 Å². The molecule has 0 aliphatic heterocycles. The largest absolute Gasteiger partial charge is 0.452 e. The number of aromatic nitrogens is 2. The SMILES string of the molecule is Cc1ccc(NC(=O)COC(=O)c2c(C)nn(Cc3ccccc3)c2C)c(F)c1. The Kier molecular flexibility index (Phi) is 6.07. The number of aryl methyl sites for hydroxylation is 2. The molecule has 0 atom stereocenters. The molecule has 1 N–H and O–H groups in total. The van der Waals surface area contributed by atoms with E-state index in [1.54, 1.807) is 31.5 Å². The second-order valence-corrected chi connectivity index (χ2v) is 6.80. The number of nitrogens with zero attached hydrogens (tertiary/aromatic N) is 2. The second-order valence-electron chi connectivity index (χ2n) is 6.80. The number of halogens is 1. The molecule has 0 fully saturated rings. The Balaban J connectivity index is 1.64. The average Bonchev–Trinajstić information content (AvgIpc) is 2.96. The first-order valence-corrected chi connectivity index (χ1v) is 9.16. The van der Waals surface area contributed by atoms with E-state index in [9.17, 15) is 14.0 Å². The molecule has 1 amide bonds. The average molecular weight is 395 g/mol. The molecule has 0 aliphatic rings. The summed E-state index contributed by atoms with van der Waals surface area (Å²) in [6, 6.07) is 14.2. The van der Waals surface area contributed by atoms with Gasteiger partial charge in [0.05, 0.1) is 23.6 Å². The maximum atomic E-state index is 13.8. The minimum Gasteiger partial charge on any atom is -0.452 e. The Hall–Kier alpha value is -3.48. The van der Waals surface area contributed by atoms with Gasteiger partial charge in [-0.25, -0.2) is 9.18 Å². The molecular formula is C22H22FN3O3. The van der Waals surface area contributed by atoms with Gasteiger partial charge in [-0.15, -0.1) is 0 Å².